The van der Waals surface area contributed by atoms with E-state index in [-0.39, 0.29) is 28.5 Å². The quantitative estimate of drug-likeness (QED) is 0.217. The molecule has 0 radical (unpaired) electrons. The van der Waals surface area contributed by atoms with Gasteiger partial charge in [-0.1, -0.05) is 72.6 Å². The largest absolute Gasteiger partial charge is 0.342 e. The number of anilines is 1. The number of allylic oxidation sites excluding steroid dienone is 1. The minimum Gasteiger partial charge on any atom is -0.342 e. The Bertz CT molecular complexity index is 1230. The Kier molecular flexibility index (Phi) is 9.98. The van der Waals surface area contributed by atoms with Crippen molar-refractivity contribution in [1.29, 1.82) is 0 Å². The number of amides is 2. The van der Waals surface area contributed by atoms with Crippen LogP contribution < -0.4 is 10.6 Å². The highest BCUT2D eigenvalue weighted by Crippen LogP contribution is 2.27. The van der Waals surface area contributed by atoms with Gasteiger partial charge in [-0.15, -0.1) is 16.8 Å². The summed E-state index contributed by atoms with van der Waals surface area (Å²) < 4.78 is 1.87. The zero-order chi connectivity index (χ0) is 26.2. The maximum Gasteiger partial charge on any atom is 0.253 e. The van der Waals surface area contributed by atoms with Crippen LogP contribution in [0.4, 0.5) is 5.69 Å². The van der Waals surface area contributed by atoms with Crippen LogP contribution >= 0.6 is 35.0 Å². The molecule has 0 saturated carbocycles. The van der Waals surface area contributed by atoms with E-state index in [9.17, 15) is 9.59 Å². The van der Waals surface area contributed by atoms with E-state index in [4.69, 9.17) is 23.2 Å². The van der Waals surface area contributed by atoms with E-state index in [1.807, 2.05) is 35.8 Å². The van der Waals surface area contributed by atoms with Gasteiger partial charge in [-0.2, -0.15) is 0 Å². The molecule has 0 aliphatic rings. The van der Waals surface area contributed by atoms with E-state index in [0.29, 0.717) is 34.5 Å². The molecule has 1 heterocycles. The third kappa shape index (κ3) is 7.59. The van der Waals surface area contributed by atoms with Gasteiger partial charge in [-0.25, -0.2) is 0 Å². The first-order valence-corrected chi connectivity index (χ1v) is 13.2. The number of halogens is 2. The predicted molar refractivity (Wildman–Crippen MR) is 147 cm³/mol. The molecular weight excluding hydrogens is 517 g/mol. The number of thioether (sulfide) groups is 1. The SMILES string of the molecule is C=CCn1c(SCC(=O)Nc2ccc(C)cc2)nnc1[C@@H](CC(C)C)NC(=O)c1ccc(Cl)cc1Cl. The summed E-state index contributed by atoms with van der Waals surface area (Å²) >= 11 is 13.5. The van der Waals surface area contributed by atoms with E-state index in [1.54, 1.807) is 18.2 Å². The summed E-state index contributed by atoms with van der Waals surface area (Å²) in [4.78, 5) is 25.5. The molecule has 7 nitrogen and oxygen atoms in total. The summed E-state index contributed by atoms with van der Waals surface area (Å²) in [6.07, 6.45) is 2.36. The maximum absolute atomic E-state index is 13.1. The van der Waals surface area contributed by atoms with E-state index in [0.717, 1.165) is 11.3 Å². The summed E-state index contributed by atoms with van der Waals surface area (Å²) in [5, 5.41) is 15.9. The van der Waals surface area contributed by atoms with Crippen LogP contribution in [0.2, 0.25) is 10.0 Å². The molecule has 2 amide bonds. The standard InChI is InChI=1S/C26H29Cl2N5O2S/c1-5-12-33-24(22(13-16(2)3)30-25(35)20-11-8-18(27)14-21(20)28)31-32-26(33)36-15-23(34)29-19-9-6-17(4)7-10-19/h5-11,14,16,22H,1,12-13,15H2,2-4H3,(H,29,34)(H,30,35)/t22-/m1/s1. The molecule has 0 bridgehead atoms. The van der Waals surface area contributed by atoms with Crippen LogP contribution in [0.25, 0.3) is 0 Å². The summed E-state index contributed by atoms with van der Waals surface area (Å²) in [6.45, 7) is 10.4. The van der Waals surface area contributed by atoms with Crippen molar-refractivity contribution in [2.75, 3.05) is 11.1 Å². The molecule has 3 rings (SSSR count). The maximum atomic E-state index is 13.1. The van der Waals surface area contributed by atoms with Crippen molar-refractivity contribution in [3.8, 4) is 0 Å². The molecule has 1 aromatic heterocycles. The number of aryl methyl sites for hydroxylation is 1. The molecule has 0 aliphatic heterocycles. The van der Waals surface area contributed by atoms with Crippen molar-refractivity contribution in [1.82, 2.24) is 20.1 Å². The highest BCUT2D eigenvalue weighted by molar-refractivity contribution is 7.99. The predicted octanol–water partition coefficient (Wildman–Crippen LogP) is 6.33. The van der Waals surface area contributed by atoms with Gasteiger partial charge in [-0.05, 0) is 49.6 Å². The second-order valence-electron chi connectivity index (χ2n) is 8.72. The van der Waals surface area contributed by atoms with Gasteiger partial charge in [0.15, 0.2) is 11.0 Å². The molecule has 0 aliphatic carbocycles. The van der Waals surface area contributed by atoms with Crippen LogP contribution in [-0.2, 0) is 11.3 Å². The lowest BCUT2D eigenvalue weighted by Crippen LogP contribution is -2.32. The first-order valence-electron chi connectivity index (χ1n) is 11.5. The molecule has 2 N–H and O–H groups in total. The number of nitrogens with zero attached hydrogens (tertiary/aromatic N) is 3. The number of hydrogen-bond donors (Lipinski definition) is 2. The number of aromatic nitrogens is 3. The summed E-state index contributed by atoms with van der Waals surface area (Å²) in [5.41, 5.74) is 2.18. The number of rotatable bonds is 11. The molecule has 3 aromatic rings. The second kappa shape index (κ2) is 12.9. The Balaban J connectivity index is 1.78. The average Bonchev–Trinajstić information content (AvgIpc) is 3.21. The fourth-order valence-corrected chi connectivity index (χ4v) is 4.79. The second-order valence-corrected chi connectivity index (χ2v) is 10.5. The fourth-order valence-electron chi connectivity index (χ4n) is 3.54. The van der Waals surface area contributed by atoms with Gasteiger partial charge < -0.3 is 15.2 Å². The third-order valence-corrected chi connectivity index (χ3v) is 6.74. The van der Waals surface area contributed by atoms with Crippen molar-refractivity contribution in [3.63, 3.8) is 0 Å². The lowest BCUT2D eigenvalue weighted by atomic mass is 10.0. The smallest absolute Gasteiger partial charge is 0.253 e. The van der Waals surface area contributed by atoms with Gasteiger partial charge in [0.05, 0.1) is 22.4 Å². The van der Waals surface area contributed by atoms with Crippen LogP contribution in [0.3, 0.4) is 0 Å². The number of carbonyl (C=O) groups is 2. The molecule has 1 atom stereocenters. The third-order valence-electron chi connectivity index (χ3n) is 5.22. The molecular formula is C26H29Cl2N5O2S. The van der Waals surface area contributed by atoms with Crippen LogP contribution in [0.1, 0.15) is 48.1 Å². The van der Waals surface area contributed by atoms with Gasteiger partial charge in [-0.3, -0.25) is 9.59 Å². The lowest BCUT2D eigenvalue weighted by Gasteiger charge is -2.21. The topological polar surface area (TPSA) is 88.9 Å². The summed E-state index contributed by atoms with van der Waals surface area (Å²) in [7, 11) is 0. The minimum absolute atomic E-state index is 0.150. The average molecular weight is 547 g/mol. The Morgan fingerprint density at radius 1 is 1.14 bits per heavy atom. The molecule has 0 saturated heterocycles. The van der Waals surface area contributed by atoms with Gasteiger partial charge in [0.25, 0.3) is 5.91 Å². The van der Waals surface area contributed by atoms with E-state index >= 15 is 0 Å². The van der Waals surface area contributed by atoms with Crippen LogP contribution in [0.15, 0.2) is 60.3 Å². The van der Waals surface area contributed by atoms with Gasteiger partial charge in [0.2, 0.25) is 5.91 Å². The fraction of sp³-hybridized carbons (Fsp3) is 0.308. The Labute approximate surface area is 225 Å². The Morgan fingerprint density at radius 3 is 2.50 bits per heavy atom. The van der Waals surface area contributed by atoms with Crippen molar-refractivity contribution in [3.05, 3.63) is 82.1 Å². The van der Waals surface area contributed by atoms with Crippen LogP contribution in [0, 0.1) is 12.8 Å². The zero-order valence-electron chi connectivity index (χ0n) is 20.4. The van der Waals surface area contributed by atoms with Crippen LogP contribution in [-0.4, -0.2) is 32.3 Å². The van der Waals surface area contributed by atoms with E-state index in [2.05, 4.69) is 41.3 Å². The number of hydrogen-bond acceptors (Lipinski definition) is 5. The summed E-state index contributed by atoms with van der Waals surface area (Å²) in [5.74, 6) is 0.528. The normalized spacial score (nSPS) is 11.8. The molecule has 0 spiro atoms. The summed E-state index contributed by atoms with van der Waals surface area (Å²) in [6, 6.07) is 11.9. The number of carbonyl (C=O) groups excluding carboxylic acids is 2. The van der Waals surface area contributed by atoms with E-state index < -0.39 is 6.04 Å². The number of benzene rings is 2. The van der Waals surface area contributed by atoms with Crippen molar-refractivity contribution < 1.29 is 9.59 Å². The highest BCUT2D eigenvalue weighted by Gasteiger charge is 2.25. The van der Waals surface area contributed by atoms with Crippen molar-refractivity contribution >= 4 is 52.5 Å². The highest BCUT2D eigenvalue weighted by atomic mass is 35.5. The van der Waals surface area contributed by atoms with Crippen LogP contribution in [0.5, 0.6) is 0 Å². The molecule has 190 valence electrons. The van der Waals surface area contributed by atoms with Gasteiger partial charge >= 0.3 is 0 Å². The molecule has 10 heteroatoms. The first kappa shape index (κ1) is 27.8. The first-order chi connectivity index (χ1) is 17.2. The molecule has 36 heavy (non-hydrogen) atoms. The van der Waals surface area contributed by atoms with Gasteiger partial charge in [0.1, 0.15) is 0 Å². The van der Waals surface area contributed by atoms with Crippen molar-refractivity contribution in [2.45, 2.75) is 44.9 Å². The Hall–Kier alpha value is -2.81. The minimum atomic E-state index is -0.424. The monoisotopic (exact) mass is 545 g/mol. The molecule has 2 aromatic carbocycles. The Morgan fingerprint density at radius 2 is 1.86 bits per heavy atom. The lowest BCUT2D eigenvalue weighted by molar-refractivity contribution is -0.113. The van der Waals surface area contributed by atoms with E-state index in [1.165, 1.54) is 17.8 Å². The molecule has 0 fully saturated rings. The zero-order valence-corrected chi connectivity index (χ0v) is 22.8. The molecule has 0 unspecified atom stereocenters. The van der Waals surface area contributed by atoms with Gasteiger partial charge in [0, 0.05) is 17.3 Å². The van der Waals surface area contributed by atoms with Crippen molar-refractivity contribution in [2.24, 2.45) is 5.92 Å². The number of nitrogens with one attached hydrogen (secondary N) is 2.